The van der Waals surface area contributed by atoms with Crippen molar-refractivity contribution >= 4 is 15.8 Å². The molecule has 0 atom stereocenters. The number of anilines is 1. The van der Waals surface area contributed by atoms with Crippen molar-refractivity contribution in [2.24, 2.45) is 0 Å². The van der Waals surface area contributed by atoms with Crippen molar-refractivity contribution in [2.45, 2.75) is 31.1 Å². The van der Waals surface area contributed by atoms with Crippen LogP contribution in [0, 0.1) is 11.8 Å². The molecule has 0 saturated carbocycles. The van der Waals surface area contributed by atoms with E-state index in [9.17, 15) is 5.11 Å². The lowest BCUT2D eigenvalue weighted by atomic mass is 10.1. The highest BCUT2D eigenvalue weighted by Crippen LogP contribution is 2.33. The maximum absolute atomic E-state index is 15.1. The smallest absolute Gasteiger partial charge is 0.244 e. The highest BCUT2D eigenvalue weighted by atomic mass is 32.2. The van der Waals surface area contributed by atoms with Gasteiger partial charge in [-0.25, -0.2) is 18.1 Å². The molecule has 53 heavy (non-hydrogen) atoms. The predicted octanol–water partition coefficient (Wildman–Crippen LogP) is 4.67. The Kier molecular flexibility index (Phi) is 11.3. The number of pyridine rings is 1. The molecule has 3 N–H and O–H groups in total. The van der Waals surface area contributed by atoms with Crippen LogP contribution in [0.3, 0.4) is 0 Å². The number of hydrogen-bond acceptors (Lipinski definition) is 11. The van der Waals surface area contributed by atoms with Crippen LogP contribution in [-0.4, -0.2) is 64.4 Å². The van der Waals surface area contributed by atoms with Crippen LogP contribution in [0.4, 0.5) is 5.82 Å². The molecule has 2 heterocycles. The van der Waals surface area contributed by atoms with Crippen LogP contribution in [0.5, 0.6) is 17.2 Å². The molecule has 0 bridgehead atoms. The quantitative estimate of drug-likeness (QED) is 0.158. The summed E-state index contributed by atoms with van der Waals surface area (Å²) in [5.74, 6) is 8.56. The largest absolute Gasteiger partial charge is 0.497 e. The zero-order chi connectivity index (χ0) is 37.4. The minimum Gasteiger partial charge on any atom is -0.497 e. The van der Waals surface area contributed by atoms with Gasteiger partial charge in [0, 0.05) is 36.0 Å². The van der Waals surface area contributed by atoms with Crippen molar-refractivity contribution in [3.05, 3.63) is 137 Å². The van der Waals surface area contributed by atoms with Crippen LogP contribution in [0.2, 0.25) is 0 Å². The van der Waals surface area contributed by atoms with E-state index in [2.05, 4.69) is 32.4 Å². The minimum atomic E-state index is -4.29. The Bertz CT molecular complexity index is 2300. The molecule has 2 aromatic heterocycles. The number of nitrogens with two attached hydrogens (primary N) is 1. The van der Waals surface area contributed by atoms with Gasteiger partial charge in [0.1, 0.15) is 23.1 Å². The van der Waals surface area contributed by atoms with E-state index in [1.54, 1.807) is 63.8 Å². The van der Waals surface area contributed by atoms with E-state index in [1.807, 2.05) is 48.5 Å². The van der Waals surface area contributed by atoms with Crippen LogP contribution in [0.15, 0.2) is 108 Å². The van der Waals surface area contributed by atoms with Gasteiger partial charge in [0.25, 0.3) is 0 Å². The third kappa shape index (κ3) is 8.45. The first-order chi connectivity index (χ1) is 25.7. The molecular formula is C39H37N7O6S. The second-order valence-corrected chi connectivity index (χ2v) is 13.7. The fourth-order valence-electron chi connectivity index (χ4n) is 5.56. The number of methoxy groups -OCH3 is 3. The van der Waals surface area contributed by atoms with Crippen molar-refractivity contribution in [1.29, 1.82) is 0 Å². The van der Waals surface area contributed by atoms with E-state index in [0.717, 1.165) is 16.7 Å². The van der Waals surface area contributed by atoms with Gasteiger partial charge in [-0.2, -0.15) is 4.31 Å². The van der Waals surface area contributed by atoms with Crippen molar-refractivity contribution in [3.8, 4) is 40.5 Å². The predicted molar refractivity (Wildman–Crippen MR) is 198 cm³/mol. The summed E-state index contributed by atoms with van der Waals surface area (Å²) in [4.78, 5) is 4.10. The average Bonchev–Trinajstić information content (AvgIpc) is 3.65. The summed E-state index contributed by atoms with van der Waals surface area (Å²) in [6.45, 7) is 0.0134. The Hall–Kier alpha value is -6.27. The highest BCUT2D eigenvalue weighted by Gasteiger charge is 2.31. The maximum atomic E-state index is 15.1. The first-order valence-corrected chi connectivity index (χ1v) is 17.8. The van der Waals surface area contributed by atoms with Crippen LogP contribution >= 0.6 is 0 Å². The number of tetrazole rings is 1. The monoisotopic (exact) mass is 731 g/mol. The molecule has 0 saturated heterocycles. The summed E-state index contributed by atoms with van der Waals surface area (Å²) in [7, 11) is 0.447. The SMILES string of the molecule is COc1ccc(CN(Cc2ccc(OC)cc2)S(=O)(=O)c2cccc(C#Cc3cnc(N)c(CO)c3)c2-c2nnnn2Cc2ccc(OC)cc2)cc1. The van der Waals surface area contributed by atoms with Crippen molar-refractivity contribution in [1.82, 2.24) is 29.5 Å². The van der Waals surface area contributed by atoms with Gasteiger partial charge >= 0.3 is 0 Å². The van der Waals surface area contributed by atoms with Crippen LogP contribution in [0.25, 0.3) is 11.4 Å². The molecule has 4 aromatic carbocycles. The molecule has 270 valence electrons. The van der Waals surface area contributed by atoms with Gasteiger partial charge in [0.15, 0.2) is 5.82 Å². The first kappa shape index (κ1) is 36.5. The standard InChI is InChI=1S/C39H37N7O6S/c1-50-33-15-8-27(9-16-33)23-45(24-28-10-17-34(51-2)18-11-28)53(48,49)36-6-4-5-31(14-7-30-21-32(26-47)38(40)41-22-30)37(36)39-42-43-44-46(39)25-29-12-19-35(52-3)20-13-29/h4-6,8-13,15-22,47H,23-26H2,1-3H3,(H2,40,41). The zero-order valence-electron chi connectivity index (χ0n) is 29.3. The third-order valence-corrected chi connectivity index (χ3v) is 10.3. The second kappa shape index (κ2) is 16.4. The molecule has 6 aromatic rings. The van der Waals surface area contributed by atoms with Gasteiger partial charge in [0.05, 0.1) is 44.9 Å². The summed E-state index contributed by atoms with van der Waals surface area (Å²) in [5.41, 5.74) is 9.72. The van der Waals surface area contributed by atoms with Crippen molar-refractivity contribution < 1.29 is 27.7 Å². The lowest BCUT2D eigenvalue weighted by molar-refractivity contribution is 0.282. The maximum Gasteiger partial charge on any atom is 0.244 e. The fourth-order valence-corrected chi connectivity index (χ4v) is 7.19. The van der Waals surface area contributed by atoms with Gasteiger partial charge in [-0.3, -0.25) is 0 Å². The van der Waals surface area contributed by atoms with Gasteiger partial charge < -0.3 is 25.1 Å². The molecule has 0 unspecified atom stereocenters. The summed E-state index contributed by atoms with van der Waals surface area (Å²) < 4.78 is 49.1. The molecule has 0 amide bonds. The summed E-state index contributed by atoms with van der Waals surface area (Å²) >= 11 is 0. The van der Waals surface area contributed by atoms with Crippen molar-refractivity contribution in [2.75, 3.05) is 27.1 Å². The van der Waals surface area contributed by atoms with Gasteiger partial charge in [-0.1, -0.05) is 54.3 Å². The zero-order valence-corrected chi connectivity index (χ0v) is 30.1. The number of benzene rings is 4. The Balaban J connectivity index is 1.50. The molecule has 13 nitrogen and oxygen atoms in total. The van der Waals surface area contributed by atoms with Gasteiger partial charge in [0.2, 0.25) is 10.0 Å². The molecule has 0 aliphatic heterocycles. The van der Waals surface area contributed by atoms with Gasteiger partial charge in [-0.05, 0) is 81.7 Å². The first-order valence-electron chi connectivity index (χ1n) is 16.4. The minimum absolute atomic E-state index is 0.0383. The number of aliphatic hydroxyl groups excluding tert-OH is 1. The summed E-state index contributed by atoms with van der Waals surface area (Å²) in [6.07, 6.45) is 1.49. The number of hydrogen-bond donors (Lipinski definition) is 2. The Morgan fingerprint density at radius 1 is 0.792 bits per heavy atom. The number of aliphatic hydroxyl groups is 1. The molecule has 0 radical (unpaired) electrons. The van der Waals surface area contributed by atoms with E-state index >= 15 is 8.42 Å². The van der Waals surface area contributed by atoms with Crippen LogP contribution in [0.1, 0.15) is 33.4 Å². The highest BCUT2D eigenvalue weighted by molar-refractivity contribution is 7.89. The van der Waals surface area contributed by atoms with E-state index in [-0.39, 0.29) is 48.3 Å². The third-order valence-electron chi connectivity index (χ3n) is 8.44. The lowest BCUT2D eigenvalue weighted by Crippen LogP contribution is -2.31. The molecule has 14 heteroatoms. The van der Waals surface area contributed by atoms with E-state index in [1.165, 1.54) is 21.3 Å². The Morgan fingerprint density at radius 3 is 1.91 bits per heavy atom. The molecule has 0 spiro atoms. The summed E-state index contributed by atoms with van der Waals surface area (Å²) in [6, 6.07) is 28.4. The van der Waals surface area contributed by atoms with Crippen LogP contribution < -0.4 is 19.9 Å². The number of rotatable bonds is 13. The van der Waals surface area contributed by atoms with Crippen molar-refractivity contribution in [3.63, 3.8) is 0 Å². The van der Waals surface area contributed by atoms with E-state index < -0.39 is 10.0 Å². The number of aromatic nitrogens is 5. The average molecular weight is 732 g/mol. The Morgan fingerprint density at radius 2 is 1.36 bits per heavy atom. The molecule has 0 aliphatic carbocycles. The Labute approximate surface area is 307 Å². The summed E-state index contributed by atoms with van der Waals surface area (Å²) in [5, 5.41) is 22.3. The number of sulfonamides is 1. The molecule has 0 fully saturated rings. The second-order valence-electron chi connectivity index (χ2n) is 11.8. The van der Waals surface area contributed by atoms with E-state index in [4.69, 9.17) is 19.9 Å². The topological polar surface area (TPSA) is 168 Å². The van der Waals surface area contributed by atoms with E-state index in [0.29, 0.717) is 33.9 Å². The lowest BCUT2D eigenvalue weighted by Gasteiger charge is -2.24. The molecular weight excluding hydrogens is 695 g/mol. The normalized spacial score (nSPS) is 11.2. The molecule has 0 aliphatic rings. The van der Waals surface area contributed by atoms with Gasteiger partial charge in [-0.15, -0.1) is 5.10 Å². The molecule has 6 rings (SSSR count). The number of ether oxygens (including phenoxy) is 3. The number of nitrogens with zero attached hydrogens (tertiary/aromatic N) is 6. The van der Waals surface area contributed by atoms with Crippen LogP contribution in [-0.2, 0) is 36.3 Å². The fraction of sp³-hybridized carbons (Fsp3) is 0.179. The number of nitrogen functional groups attached to an aromatic ring is 1.